The molecule has 1 heterocycles. The van der Waals surface area contributed by atoms with Crippen molar-refractivity contribution in [2.24, 2.45) is 5.92 Å². The Kier molecular flexibility index (Phi) is 6.11. The lowest BCUT2D eigenvalue weighted by Crippen LogP contribution is -2.41. The maximum Gasteiger partial charge on any atom is 0.491 e. The highest BCUT2D eigenvalue weighted by atomic mass is 16.7. The van der Waals surface area contributed by atoms with Crippen molar-refractivity contribution in [1.29, 1.82) is 5.41 Å². The summed E-state index contributed by atoms with van der Waals surface area (Å²) in [6.45, 7) is 18.2. The van der Waals surface area contributed by atoms with Crippen LogP contribution < -0.4 is 0 Å². The third-order valence-corrected chi connectivity index (χ3v) is 5.43. The van der Waals surface area contributed by atoms with E-state index in [4.69, 9.17) is 19.4 Å². The highest BCUT2D eigenvalue weighted by Gasteiger charge is 2.53. The van der Waals surface area contributed by atoms with E-state index in [9.17, 15) is 0 Å². The van der Waals surface area contributed by atoms with Gasteiger partial charge in [0.15, 0.2) is 0 Å². The number of nitrogens with one attached hydrogen (secondary N) is 1. The monoisotopic (exact) mass is 357 g/mol. The van der Waals surface area contributed by atoms with Gasteiger partial charge in [0.2, 0.25) is 0 Å². The molecular weight excluding hydrogens is 324 g/mol. The van der Waals surface area contributed by atoms with E-state index in [1.165, 1.54) is 5.57 Å². The van der Waals surface area contributed by atoms with Crippen molar-refractivity contribution in [1.82, 2.24) is 0 Å². The predicted molar refractivity (Wildman–Crippen MR) is 111 cm³/mol. The minimum atomic E-state index is -0.416. The summed E-state index contributed by atoms with van der Waals surface area (Å²) in [5.74, 6) is 2.01. The fourth-order valence-electron chi connectivity index (χ4n) is 3.15. The highest BCUT2D eigenvalue weighted by molar-refractivity contribution is 6.72. The van der Waals surface area contributed by atoms with Crippen LogP contribution in [0, 0.1) is 11.3 Å². The van der Waals surface area contributed by atoms with Gasteiger partial charge in [-0.3, -0.25) is 0 Å². The fraction of sp³-hybridized carbons (Fsp3) is 0.650. The Balaban J connectivity index is 2.34. The summed E-state index contributed by atoms with van der Waals surface area (Å²) in [4.78, 5) is 0. The number of allylic oxidation sites excluding steroid dienone is 5. The fourth-order valence-corrected chi connectivity index (χ4v) is 3.15. The van der Waals surface area contributed by atoms with E-state index in [-0.39, 0.29) is 30.1 Å². The van der Waals surface area contributed by atoms with Crippen LogP contribution in [0.25, 0.3) is 0 Å². The van der Waals surface area contributed by atoms with Gasteiger partial charge < -0.3 is 19.4 Å². The number of hydrogen-bond donors (Lipinski definition) is 1. The lowest BCUT2D eigenvalue weighted by molar-refractivity contribution is 0.00578. The second kappa shape index (κ2) is 7.49. The highest BCUT2D eigenvalue weighted by Crippen LogP contribution is 2.41. The van der Waals surface area contributed by atoms with Gasteiger partial charge in [-0.25, -0.2) is 0 Å². The Bertz CT molecular complexity index is 642. The molecule has 1 N–H and O–H groups in total. The Labute approximate surface area is 159 Å². The summed E-state index contributed by atoms with van der Waals surface area (Å²) < 4.78 is 18.4. The molecule has 0 spiro atoms. The van der Waals surface area contributed by atoms with Crippen molar-refractivity contribution >= 4 is 19.7 Å². The molecule has 26 heavy (non-hydrogen) atoms. The molecule has 0 aromatic carbocycles. The topological polar surface area (TPSA) is 51.5 Å². The second-order valence-electron chi connectivity index (χ2n) is 8.86. The van der Waals surface area contributed by atoms with Crippen molar-refractivity contribution in [2.45, 2.75) is 79.6 Å². The quantitative estimate of drug-likeness (QED) is 0.732. The first-order chi connectivity index (χ1) is 11.9. The lowest BCUT2D eigenvalue weighted by Gasteiger charge is -2.32. The van der Waals surface area contributed by atoms with Gasteiger partial charge in [0.05, 0.1) is 11.2 Å². The van der Waals surface area contributed by atoms with E-state index in [0.717, 1.165) is 10.9 Å². The van der Waals surface area contributed by atoms with Crippen LogP contribution in [0.4, 0.5) is 0 Å². The maximum atomic E-state index is 8.73. The van der Waals surface area contributed by atoms with Gasteiger partial charge in [-0.05, 0) is 66.3 Å². The number of hydrogen-bond acceptors (Lipinski definition) is 4. The van der Waals surface area contributed by atoms with Crippen molar-refractivity contribution in [3.63, 3.8) is 0 Å². The summed E-state index contributed by atoms with van der Waals surface area (Å²) in [7, 11) is -0.416. The average Bonchev–Trinajstić information content (AvgIpc) is 2.68. The Hall–Kier alpha value is -1.10. The maximum absolute atomic E-state index is 8.73. The van der Waals surface area contributed by atoms with Crippen LogP contribution in [0.5, 0.6) is 0 Å². The van der Waals surface area contributed by atoms with E-state index in [2.05, 4.69) is 53.6 Å². The zero-order valence-corrected chi connectivity index (χ0v) is 17.8. The average molecular weight is 357 g/mol. The van der Waals surface area contributed by atoms with Crippen LogP contribution >= 0.6 is 0 Å². The van der Waals surface area contributed by atoms with Crippen molar-refractivity contribution in [2.75, 3.05) is 0 Å². The summed E-state index contributed by atoms with van der Waals surface area (Å²) in [6.07, 6.45) is 4.14. The van der Waals surface area contributed by atoms with Gasteiger partial charge >= 0.3 is 14.0 Å². The first kappa shape index (κ1) is 21.2. The van der Waals surface area contributed by atoms with Crippen molar-refractivity contribution in [3.8, 4) is 0 Å². The smallest absolute Gasteiger partial charge is 0.425 e. The Morgan fingerprint density at radius 3 is 2.19 bits per heavy atom. The third-order valence-electron chi connectivity index (χ3n) is 5.43. The summed E-state index contributed by atoms with van der Waals surface area (Å²) >= 11 is 0. The SMILES string of the molecule is CC(C)=CB(OC(C)C)C1=CC=C(B2OC(C)(C)C(C)(C)O2)[C@@H](C)C1=N. The van der Waals surface area contributed by atoms with Crippen LogP contribution in [-0.4, -0.2) is 37.1 Å². The third kappa shape index (κ3) is 4.24. The molecule has 0 amide bonds. The molecular formula is C20H33B2NO3. The molecule has 0 unspecified atom stereocenters. The van der Waals surface area contributed by atoms with E-state index >= 15 is 0 Å². The summed E-state index contributed by atoms with van der Waals surface area (Å²) in [5, 5.41) is 8.73. The molecule has 6 heteroatoms. The summed E-state index contributed by atoms with van der Waals surface area (Å²) in [6, 6.07) is 0. The Morgan fingerprint density at radius 2 is 1.73 bits per heavy atom. The molecule has 0 aromatic rings. The van der Waals surface area contributed by atoms with E-state index < -0.39 is 7.12 Å². The molecule has 2 aliphatic rings. The second-order valence-corrected chi connectivity index (χ2v) is 8.86. The lowest BCUT2D eigenvalue weighted by atomic mass is 9.53. The molecule has 1 saturated heterocycles. The molecule has 2 rings (SSSR count). The van der Waals surface area contributed by atoms with Crippen LogP contribution in [0.3, 0.4) is 0 Å². The first-order valence-corrected chi connectivity index (χ1v) is 9.52. The van der Waals surface area contributed by atoms with Gasteiger partial charge in [-0.1, -0.05) is 30.6 Å². The molecule has 1 atom stereocenters. The Morgan fingerprint density at radius 1 is 1.19 bits per heavy atom. The van der Waals surface area contributed by atoms with Crippen LogP contribution in [0.2, 0.25) is 0 Å². The molecule has 1 aliphatic carbocycles. The molecule has 0 bridgehead atoms. The molecule has 4 nitrogen and oxygen atoms in total. The van der Waals surface area contributed by atoms with Gasteiger partial charge in [0, 0.05) is 17.7 Å². The molecule has 0 radical (unpaired) electrons. The van der Waals surface area contributed by atoms with Gasteiger partial charge in [0.25, 0.3) is 0 Å². The van der Waals surface area contributed by atoms with Gasteiger partial charge in [0.1, 0.15) is 0 Å². The van der Waals surface area contributed by atoms with Crippen LogP contribution in [-0.2, 0) is 14.0 Å². The molecule has 1 fully saturated rings. The van der Waals surface area contributed by atoms with Gasteiger partial charge in [-0.2, -0.15) is 0 Å². The zero-order valence-electron chi connectivity index (χ0n) is 17.8. The minimum absolute atomic E-state index is 0.0754. The van der Waals surface area contributed by atoms with Crippen LogP contribution in [0.1, 0.15) is 62.3 Å². The van der Waals surface area contributed by atoms with E-state index in [0.29, 0.717) is 5.71 Å². The van der Waals surface area contributed by atoms with Crippen LogP contribution in [0.15, 0.2) is 34.6 Å². The van der Waals surface area contributed by atoms with E-state index in [1.807, 2.05) is 26.8 Å². The minimum Gasteiger partial charge on any atom is -0.425 e. The van der Waals surface area contributed by atoms with Gasteiger partial charge in [-0.15, -0.1) is 0 Å². The first-order valence-electron chi connectivity index (χ1n) is 9.52. The normalized spacial score (nSPS) is 24.5. The molecule has 0 saturated carbocycles. The standard InChI is InChI=1S/C20H33B2NO3/c1-13(2)12-21(24-14(3)4)17-11-10-16(15(5)18(17)23)22-25-19(6,7)20(8,9)26-22/h10-12,14-15,23H,1-9H3/t15-/m1/s1. The largest absolute Gasteiger partial charge is 0.491 e. The molecule has 0 aromatic heterocycles. The zero-order chi connectivity index (χ0) is 19.9. The van der Waals surface area contributed by atoms with Crippen molar-refractivity contribution < 1.29 is 14.0 Å². The predicted octanol–water partition coefficient (Wildman–Crippen LogP) is 4.60. The number of rotatable bonds is 5. The van der Waals surface area contributed by atoms with E-state index in [1.54, 1.807) is 0 Å². The summed E-state index contributed by atoms with van der Waals surface area (Å²) in [5.41, 5.74) is 2.90. The molecule has 142 valence electrons. The molecule has 1 aliphatic heterocycles. The van der Waals surface area contributed by atoms with Crippen molar-refractivity contribution in [3.05, 3.63) is 34.6 Å².